The number of carboxylic acids is 1. The zero-order chi connectivity index (χ0) is 22.1. The molecule has 0 aliphatic carbocycles. The smallest absolute Gasteiger partial charge is 0.325 e. The van der Waals surface area contributed by atoms with Gasteiger partial charge in [-0.2, -0.15) is 12.6 Å². The van der Waals surface area contributed by atoms with Gasteiger partial charge in [-0.25, -0.2) is 4.98 Å². The lowest BCUT2D eigenvalue weighted by atomic mass is 10.0. The number of nitrogens with two attached hydrogens (primary N) is 1. The Kier molecular flexibility index (Phi) is 9.62. The number of thiol groups is 1. The Balaban J connectivity index is 2.73. The molecule has 0 aromatic carbocycles. The van der Waals surface area contributed by atoms with Gasteiger partial charge in [-0.1, -0.05) is 13.8 Å². The molecule has 1 heterocycles. The van der Waals surface area contributed by atoms with Gasteiger partial charge < -0.3 is 31.8 Å². The fourth-order valence-corrected chi connectivity index (χ4v) is 2.61. The summed E-state index contributed by atoms with van der Waals surface area (Å²) in [5, 5.41) is 16.2. The lowest BCUT2D eigenvalue weighted by molar-refractivity contribution is -0.141. The zero-order valence-electron chi connectivity index (χ0n) is 16.5. The molecule has 162 valence electrons. The molecule has 0 bridgehead atoms. The molecule has 0 fully saturated rings. The van der Waals surface area contributed by atoms with Gasteiger partial charge in [-0.3, -0.25) is 19.2 Å². The first-order chi connectivity index (χ1) is 13.6. The Morgan fingerprint density at radius 1 is 1.14 bits per heavy atom. The normalized spacial score (nSPS) is 15.1. The monoisotopic (exact) mass is 428 g/mol. The van der Waals surface area contributed by atoms with Crippen molar-refractivity contribution in [3.8, 4) is 0 Å². The fourth-order valence-electron chi connectivity index (χ4n) is 2.35. The van der Waals surface area contributed by atoms with E-state index in [4.69, 9.17) is 10.8 Å². The molecule has 29 heavy (non-hydrogen) atoms. The Morgan fingerprint density at radius 3 is 2.28 bits per heavy atom. The second kappa shape index (κ2) is 11.4. The molecule has 0 saturated carbocycles. The van der Waals surface area contributed by atoms with Gasteiger partial charge in [0.2, 0.25) is 17.7 Å². The SMILES string of the molecule is CC(NC(=O)C(CS)NC(=O)C(NC(=O)C(N)Cc1cnc[nH]1)C(C)C)C(=O)O. The number of carbonyl (C=O) groups is 4. The minimum atomic E-state index is -1.21. The van der Waals surface area contributed by atoms with Gasteiger partial charge in [0.05, 0.1) is 12.4 Å². The molecule has 0 radical (unpaired) electrons. The number of rotatable bonds is 11. The molecular formula is C17H28N6O5S. The van der Waals surface area contributed by atoms with E-state index < -0.39 is 47.9 Å². The number of aliphatic carboxylic acids is 1. The van der Waals surface area contributed by atoms with Crippen molar-refractivity contribution < 1.29 is 24.3 Å². The number of carboxylic acid groups (broad SMARTS) is 1. The lowest BCUT2D eigenvalue weighted by Crippen LogP contribution is -2.58. The second-order valence-electron chi connectivity index (χ2n) is 6.93. The molecule has 1 rings (SSSR count). The van der Waals surface area contributed by atoms with Crippen LogP contribution in [0.15, 0.2) is 12.5 Å². The average molecular weight is 429 g/mol. The summed E-state index contributed by atoms with van der Waals surface area (Å²) in [6.07, 6.45) is 3.24. The van der Waals surface area contributed by atoms with E-state index in [-0.39, 0.29) is 18.1 Å². The van der Waals surface area contributed by atoms with Crippen LogP contribution in [0.25, 0.3) is 0 Å². The summed E-state index contributed by atoms with van der Waals surface area (Å²) in [5.74, 6) is -3.37. The first kappa shape index (κ1) is 24.4. The van der Waals surface area contributed by atoms with Crippen LogP contribution in [0.2, 0.25) is 0 Å². The van der Waals surface area contributed by atoms with E-state index in [2.05, 4.69) is 38.5 Å². The van der Waals surface area contributed by atoms with Gasteiger partial charge in [-0.15, -0.1) is 0 Å². The Labute approximate surface area is 174 Å². The standard InChI is InChI=1S/C17H28N6O5S/c1-8(2)13(23-14(24)11(18)4-10-5-19-7-20-10)16(26)22-12(6-29)15(25)21-9(3)17(27)28/h5,7-9,11-13,29H,4,6,18H2,1-3H3,(H,19,20)(H,21,25)(H,22,26)(H,23,24)(H,27,28). The molecule has 12 heteroatoms. The van der Waals surface area contributed by atoms with Crippen molar-refractivity contribution >= 4 is 36.3 Å². The third kappa shape index (κ3) is 7.74. The third-order valence-electron chi connectivity index (χ3n) is 4.12. The van der Waals surface area contributed by atoms with Gasteiger partial charge >= 0.3 is 5.97 Å². The number of aromatic nitrogens is 2. The molecule has 7 N–H and O–H groups in total. The molecular weight excluding hydrogens is 400 g/mol. The van der Waals surface area contributed by atoms with Crippen LogP contribution in [-0.2, 0) is 25.6 Å². The highest BCUT2D eigenvalue weighted by atomic mass is 32.1. The molecule has 0 spiro atoms. The maximum Gasteiger partial charge on any atom is 0.325 e. The van der Waals surface area contributed by atoms with E-state index in [1.807, 2.05) is 0 Å². The van der Waals surface area contributed by atoms with Gasteiger partial charge in [0.25, 0.3) is 0 Å². The lowest BCUT2D eigenvalue weighted by Gasteiger charge is -2.26. The second-order valence-corrected chi connectivity index (χ2v) is 7.30. The van der Waals surface area contributed by atoms with Crippen LogP contribution in [0.5, 0.6) is 0 Å². The summed E-state index contributed by atoms with van der Waals surface area (Å²) in [6.45, 7) is 4.76. The molecule has 1 aromatic rings. The highest BCUT2D eigenvalue weighted by molar-refractivity contribution is 7.80. The summed E-state index contributed by atoms with van der Waals surface area (Å²) in [7, 11) is 0. The Morgan fingerprint density at radius 2 is 1.79 bits per heavy atom. The first-order valence-corrected chi connectivity index (χ1v) is 9.67. The predicted octanol–water partition coefficient (Wildman–Crippen LogP) is -1.58. The number of nitrogens with zero attached hydrogens (tertiary/aromatic N) is 1. The number of imidazole rings is 1. The van der Waals surface area contributed by atoms with Crippen LogP contribution >= 0.6 is 12.6 Å². The van der Waals surface area contributed by atoms with E-state index >= 15 is 0 Å². The fraction of sp³-hybridized carbons (Fsp3) is 0.588. The van der Waals surface area contributed by atoms with Crippen molar-refractivity contribution in [2.45, 2.75) is 51.4 Å². The van der Waals surface area contributed by atoms with Crippen molar-refractivity contribution in [3.05, 3.63) is 18.2 Å². The van der Waals surface area contributed by atoms with Crippen LogP contribution in [0.3, 0.4) is 0 Å². The molecule has 0 aliphatic rings. The number of H-pyrrole nitrogens is 1. The maximum absolute atomic E-state index is 12.6. The summed E-state index contributed by atoms with van der Waals surface area (Å²) in [6, 6.07) is -4.03. The minimum absolute atomic E-state index is 0.0536. The topological polar surface area (TPSA) is 179 Å². The van der Waals surface area contributed by atoms with E-state index in [9.17, 15) is 19.2 Å². The number of carbonyl (C=O) groups excluding carboxylic acids is 3. The van der Waals surface area contributed by atoms with Crippen LogP contribution in [-0.4, -0.2) is 68.7 Å². The highest BCUT2D eigenvalue weighted by Crippen LogP contribution is 2.05. The third-order valence-corrected chi connectivity index (χ3v) is 4.49. The molecule has 0 aliphatic heterocycles. The molecule has 0 saturated heterocycles. The van der Waals surface area contributed by atoms with E-state index in [1.165, 1.54) is 13.3 Å². The van der Waals surface area contributed by atoms with E-state index in [0.717, 1.165) is 0 Å². The van der Waals surface area contributed by atoms with Crippen molar-refractivity contribution in [3.63, 3.8) is 0 Å². The Hall–Kier alpha value is -2.60. The van der Waals surface area contributed by atoms with Gasteiger partial charge in [0.15, 0.2) is 0 Å². The van der Waals surface area contributed by atoms with Crippen LogP contribution < -0.4 is 21.7 Å². The maximum atomic E-state index is 12.6. The van der Waals surface area contributed by atoms with Crippen molar-refractivity contribution in [1.82, 2.24) is 25.9 Å². The molecule has 1 aromatic heterocycles. The molecule has 11 nitrogen and oxygen atoms in total. The largest absolute Gasteiger partial charge is 0.480 e. The molecule has 4 atom stereocenters. The van der Waals surface area contributed by atoms with Crippen molar-refractivity contribution in [2.75, 3.05) is 5.75 Å². The summed E-state index contributed by atoms with van der Waals surface area (Å²) >= 11 is 4.04. The quantitative estimate of drug-likeness (QED) is 0.208. The van der Waals surface area contributed by atoms with Crippen LogP contribution in [0.4, 0.5) is 0 Å². The molecule has 3 amide bonds. The van der Waals surface area contributed by atoms with Crippen LogP contribution in [0.1, 0.15) is 26.5 Å². The summed E-state index contributed by atoms with van der Waals surface area (Å²) in [4.78, 5) is 54.8. The molecule has 4 unspecified atom stereocenters. The van der Waals surface area contributed by atoms with Crippen LogP contribution in [0, 0.1) is 5.92 Å². The number of nitrogens with one attached hydrogen (secondary N) is 4. The number of hydrogen-bond donors (Lipinski definition) is 7. The van der Waals surface area contributed by atoms with Gasteiger partial charge in [0, 0.05) is 24.1 Å². The average Bonchev–Trinajstić information content (AvgIpc) is 3.15. The number of hydrogen-bond acceptors (Lipinski definition) is 7. The Bertz CT molecular complexity index is 711. The summed E-state index contributed by atoms with van der Waals surface area (Å²) < 4.78 is 0. The van der Waals surface area contributed by atoms with E-state index in [0.29, 0.717) is 5.69 Å². The van der Waals surface area contributed by atoms with Gasteiger partial charge in [-0.05, 0) is 12.8 Å². The highest BCUT2D eigenvalue weighted by Gasteiger charge is 2.30. The predicted molar refractivity (Wildman–Crippen MR) is 108 cm³/mol. The first-order valence-electron chi connectivity index (χ1n) is 9.04. The number of aromatic amines is 1. The number of amides is 3. The minimum Gasteiger partial charge on any atom is -0.480 e. The van der Waals surface area contributed by atoms with E-state index in [1.54, 1.807) is 20.0 Å². The van der Waals surface area contributed by atoms with Crippen molar-refractivity contribution in [1.29, 1.82) is 0 Å². The van der Waals surface area contributed by atoms with Crippen molar-refractivity contribution in [2.24, 2.45) is 11.7 Å². The zero-order valence-corrected chi connectivity index (χ0v) is 17.4. The van der Waals surface area contributed by atoms with Gasteiger partial charge in [0.1, 0.15) is 18.1 Å². The summed E-state index contributed by atoms with van der Waals surface area (Å²) in [5.41, 5.74) is 6.57.